The highest BCUT2D eigenvalue weighted by atomic mass is 16.5. The lowest BCUT2D eigenvalue weighted by molar-refractivity contribution is -0.145. The number of carbonyl (C=O) groups excluding carboxylic acids is 3. The van der Waals surface area contributed by atoms with E-state index in [0.29, 0.717) is 19.4 Å². The Kier molecular flexibility index (Phi) is 5.31. The summed E-state index contributed by atoms with van der Waals surface area (Å²) in [6, 6.07) is 0. The first kappa shape index (κ1) is 14.7. The molecule has 102 valence electrons. The number of rotatable bonds is 7. The van der Waals surface area contributed by atoms with Crippen LogP contribution in [-0.2, 0) is 19.1 Å². The van der Waals surface area contributed by atoms with Crippen LogP contribution in [0.25, 0.3) is 0 Å². The first-order valence-corrected chi connectivity index (χ1v) is 6.48. The van der Waals surface area contributed by atoms with Crippen molar-refractivity contribution in [1.29, 1.82) is 0 Å². The monoisotopic (exact) mass is 255 g/mol. The molecule has 0 unspecified atom stereocenters. The van der Waals surface area contributed by atoms with Crippen LogP contribution >= 0.6 is 0 Å². The van der Waals surface area contributed by atoms with E-state index in [4.69, 9.17) is 4.74 Å². The van der Waals surface area contributed by atoms with Crippen molar-refractivity contribution in [2.24, 2.45) is 0 Å². The van der Waals surface area contributed by atoms with Gasteiger partial charge in [0.2, 0.25) is 5.91 Å². The van der Waals surface area contributed by atoms with Crippen molar-refractivity contribution in [2.45, 2.75) is 57.9 Å². The number of cyclic esters (lactones) is 1. The van der Waals surface area contributed by atoms with Gasteiger partial charge in [0.15, 0.2) is 0 Å². The predicted octanol–water partition coefficient (Wildman–Crippen LogP) is 1.35. The molecule has 0 bridgehead atoms. The summed E-state index contributed by atoms with van der Waals surface area (Å²) in [4.78, 5) is 34.6. The van der Waals surface area contributed by atoms with E-state index in [2.05, 4.69) is 12.2 Å². The molecular weight excluding hydrogens is 234 g/mol. The summed E-state index contributed by atoms with van der Waals surface area (Å²) in [5.41, 5.74) is -0.958. The molecule has 1 heterocycles. The largest absolute Gasteiger partial charge is 0.464 e. The number of hydrogen-bond donors (Lipinski definition) is 1. The standard InChI is InChI=1S/C13H21NO4/c1-3-4-5-6-10(15)9-11(16)14-13(2)7-8-18-12(13)17/h3-9H2,1-2H3,(H,14,16)/t13-/m1/s1. The molecule has 5 nitrogen and oxygen atoms in total. The van der Waals surface area contributed by atoms with Crippen LogP contribution < -0.4 is 5.32 Å². The van der Waals surface area contributed by atoms with Crippen LogP contribution in [0.5, 0.6) is 0 Å². The highest BCUT2D eigenvalue weighted by Gasteiger charge is 2.41. The van der Waals surface area contributed by atoms with Crippen LogP contribution in [0, 0.1) is 0 Å². The van der Waals surface area contributed by atoms with Crippen molar-refractivity contribution >= 4 is 17.7 Å². The second kappa shape index (κ2) is 6.52. The molecule has 1 rings (SSSR count). The molecule has 1 saturated heterocycles. The summed E-state index contributed by atoms with van der Waals surface area (Å²) >= 11 is 0. The smallest absolute Gasteiger partial charge is 0.331 e. The molecule has 0 spiro atoms. The third-order valence-electron chi connectivity index (χ3n) is 3.12. The zero-order valence-electron chi connectivity index (χ0n) is 11.1. The molecule has 18 heavy (non-hydrogen) atoms. The molecule has 1 fully saturated rings. The fourth-order valence-electron chi connectivity index (χ4n) is 1.91. The Morgan fingerprint density at radius 2 is 2.11 bits per heavy atom. The fourth-order valence-corrected chi connectivity index (χ4v) is 1.91. The van der Waals surface area contributed by atoms with Gasteiger partial charge in [-0.2, -0.15) is 0 Å². The minimum absolute atomic E-state index is 0.0732. The van der Waals surface area contributed by atoms with Gasteiger partial charge < -0.3 is 10.1 Å². The summed E-state index contributed by atoms with van der Waals surface area (Å²) in [5.74, 6) is -0.886. The number of Topliss-reactive ketones (excluding diaryl/α,β-unsaturated/α-hetero) is 1. The number of unbranched alkanes of at least 4 members (excludes halogenated alkanes) is 2. The maximum absolute atomic E-state index is 11.7. The highest BCUT2D eigenvalue weighted by molar-refractivity contribution is 6.00. The Balaban J connectivity index is 2.33. The first-order valence-electron chi connectivity index (χ1n) is 6.48. The molecule has 1 aliphatic heterocycles. The van der Waals surface area contributed by atoms with Gasteiger partial charge >= 0.3 is 5.97 Å². The van der Waals surface area contributed by atoms with Crippen LogP contribution in [-0.4, -0.2) is 29.8 Å². The second-order valence-corrected chi connectivity index (χ2v) is 4.94. The van der Waals surface area contributed by atoms with E-state index in [1.165, 1.54) is 0 Å². The predicted molar refractivity (Wildman–Crippen MR) is 65.9 cm³/mol. The number of hydrogen-bond acceptors (Lipinski definition) is 4. The zero-order valence-corrected chi connectivity index (χ0v) is 11.1. The Morgan fingerprint density at radius 1 is 1.39 bits per heavy atom. The van der Waals surface area contributed by atoms with Gasteiger partial charge in [0.05, 0.1) is 13.0 Å². The summed E-state index contributed by atoms with van der Waals surface area (Å²) < 4.78 is 4.82. The quantitative estimate of drug-likeness (QED) is 0.423. The number of carbonyl (C=O) groups is 3. The molecule has 0 saturated carbocycles. The maximum Gasteiger partial charge on any atom is 0.331 e. The Bertz CT molecular complexity index is 340. The van der Waals surface area contributed by atoms with Crippen molar-refractivity contribution in [3.8, 4) is 0 Å². The molecule has 1 atom stereocenters. The number of ketones is 1. The Hall–Kier alpha value is -1.39. The third-order valence-corrected chi connectivity index (χ3v) is 3.12. The van der Waals surface area contributed by atoms with Gasteiger partial charge in [-0.05, 0) is 13.3 Å². The van der Waals surface area contributed by atoms with Gasteiger partial charge in [0, 0.05) is 12.8 Å². The van der Waals surface area contributed by atoms with Gasteiger partial charge in [-0.3, -0.25) is 9.59 Å². The van der Waals surface area contributed by atoms with Gasteiger partial charge in [0.25, 0.3) is 0 Å². The van der Waals surface area contributed by atoms with E-state index >= 15 is 0 Å². The van der Waals surface area contributed by atoms with Crippen LogP contribution in [0.1, 0.15) is 52.4 Å². The van der Waals surface area contributed by atoms with E-state index in [9.17, 15) is 14.4 Å². The molecule has 5 heteroatoms. The summed E-state index contributed by atoms with van der Waals surface area (Å²) in [6.07, 6.45) is 3.61. The van der Waals surface area contributed by atoms with Crippen LogP contribution in [0.2, 0.25) is 0 Å². The molecule has 0 aromatic heterocycles. The molecule has 0 radical (unpaired) electrons. The molecule has 1 N–H and O–H groups in total. The van der Waals surface area contributed by atoms with E-state index in [-0.39, 0.29) is 12.2 Å². The minimum atomic E-state index is -0.958. The average Bonchev–Trinajstić information content (AvgIpc) is 2.58. The van der Waals surface area contributed by atoms with Crippen molar-refractivity contribution in [3.05, 3.63) is 0 Å². The lowest BCUT2D eigenvalue weighted by Gasteiger charge is -2.20. The lowest BCUT2D eigenvalue weighted by Crippen LogP contribution is -2.49. The fraction of sp³-hybridized carbons (Fsp3) is 0.769. The number of amides is 1. The van der Waals surface area contributed by atoms with E-state index in [1.807, 2.05) is 0 Å². The van der Waals surface area contributed by atoms with E-state index < -0.39 is 17.4 Å². The van der Waals surface area contributed by atoms with Gasteiger partial charge in [-0.25, -0.2) is 4.79 Å². The zero-order chi connectivity index (χ0) is 13.6. The van der Waals surface area contributed by atoms with Gasteiger partial charge in [0.1, 0.15) is 11.3 Å². The topological polar surface area (TPSA) is 72.5 Å². The summed E-state index contributed by atoms with van der Waals surface area (Å²) in [6.45, 7) is 4.01. The minimum Gasteiger partial charge on any atom is -0.464 e. The lowest BCUT2D eigenvalue weighted by atomic mass is 10.0. The van der Waals surface area contributed by atoms with E-state index in [1.54, 1.807) is 6.92 Å². The molecule has 0 aromatic carbocycles. The van der Waals surface area contributed by atoms with Crippen LogP contribution in [0.15, 0.2) is 0 Å². The highest BCUT2D eigenvalue weighted by Crippen LogP contribution is 2.19. The number of nitrogens with one attached hydrogen (secondary N) is 1. The van der Waals surface area contributed by atoms with Crippen molar-refractivity contribution in [1.82, 2.24) is 5.32 Å². The van der Waals surface area contributed by atoms with Crippen molar-refractivity contribution in [3.63, 3.8) is 0 Å². The third kappa shape index (κ3) is 4.13. The number of esters is 1. The molecule has 0 aliphatic carbocycles. The van der Waals surface area contributed by atoms with Gasteiger partial charge in [-0.15, -0.1) is 0 Å². The average molecular weight is 255 g/mol. The molecule has 0 aromatic rings. The number of ether oxygens (including phenoxy) is 1. The molecule has 1 amide bonds. The second-order valence-electron chi connectivity index (χ2n) is 4.94. The SMILES string of the molecule is CCCCCC(=O)CC(=O)N[C@]1(C)CCOC1=O. The summed E-state index contributed by atoms with van der Waals surface area (Å²) in [7, 11) is 0. The first-order chi connectivity index (χ1) is 8.48. The van der Waals surface area contributed by atoms with Gasteiger partial charge in [-0.1, -0.05) is 19.8 Å². The maximum atomic E-state index is 11.7. The Labute approximate surface area is 107 Å². The van der Waals surface area contributed by atoms with Crippen molar-refractivity contribution in [2.75, 3.05) is 6.61 Å². The normalized spacial score (nSPS) is 22.7. The summed E-state index contributed by atoms with van der Waals surface area (Å²) in [5, 5.41) is 2.59. The van der Waals surface area contributed by atoms with Crippen LogP contribution in [0.3, 0.4) is 0 Å². The molecule has 1 aliphatic rings. The Morgan fingerprint density at radius 3 is 2.67 bits per heavy atom. The van der Waals surface area contributed by atoms with Crippen LogP contribution in [0.4, 0.5) is 0 Å². The molecular formula is C13H21NO4. The van der Waals surface area contributed by atoms with Crippen molar-refractivity contribution < 1.29 is 19.1 Å². The van der Waals surface area contributed by atoms with E-state index in [0.717, 1.165) is 19.3 Å².